The van der Waals surface area contributed by atoms with Crippen molar-refractivity contribution in [3.05, 3.63) is 64.2 Å². The molecule has 3 rings (SSSR count). The van der Waals surface area contributed by atoms with Crippen LogP contribution >= 0.6 is 0 Å². The van der Waals surface area contributed by atoms with Crippen molar-refractivity contribution in [1.29, 1.82) is 0 Å². The topological polar surface area (TPSA) is 153 Å². The maximum atomic E-state index is 13.1. The van der Waals surface area contributed by atoms with E-state index in [0.717, 1.165) is 28.7 Å². The Morgan fingerprint density at radius 1 is 1.11 bits per heavy atom. The third-order valence-electron chi connectivity index (χ3n) is 5.58. The fourth-order valence-electron chi connectivity index (χ4n) is 3.88. The van der Waals surface area contributed by atoms with Gasteiger partial charge in [-0.1, -0.05) is 80.7 Å². The van der Waals surface area contributed by atoms with Crippen LogP contribution in [0.3, 0.4) is 0 Å². The van der Waals surface area contributed by atoms with Crippen LogP contribution in [0.2, 0.25) is 0 Å². The lowest BCUT2D eigenvalue weighted by atomic mass is 9.97. The minimum absolute atomic E-state index is 0.117. The van der Waals surface area contributed by atoms with Crippen molar-refractivity contribution in [2.75, 3.05) is 0 Å². The molecule has 0 bridgehead atoms. The molecule has 1 aromatic heterocycles. The van der Waals surface area contributed by atoms with Crippen molar-refractivity contribution in [1.82, 2.24) is 25.5 Å². The molecular weight excluding hydrogens is 468 g/mol. The Kier molecular flexibility index (Phi) is 9.03. The second-order valence-corrected chi connectivity index (χ2v) is 8.49. The molecule has 1 heterocycles. The minimum Gasteiger partial charge on any atom is -0.324 e. The standard InChI is InChI=1S/C24H28N6O6/c1-4-5-10-21(31)29(22(16(2)3)24(32)35-36-30(33)34)15-17-11-13-18(14-12-17)19-8-6-7-9-20(19)23-25-27-28-26-23/h6-9,11-14,16,22H,4-5,10,15H2,1-3H3,(H,25,26,27,28)/t22-/m0/s1. The molecule has 0 aliphatic rings. The number of hydrogen-bond acceptors (Lipinski definition) is 9. The monoisotopic (exact) mass is 496 g/mol. The summed E-state index contributed by atoms with van der Waals surface area (Å²) >= 11 is 0. The van der Waals surface area contributed by atoms with Gasteiger partial charge in [0.1, 0.15) is 6.04 Å². The van der Waals surface area contributed by atoms with Crippen molar-refractivity contribution in [3.63, 3.8) is 0 Å². The Bertz CT molecular complexity index is 1170. The number of rotatable bonds is 12. The van der Waals surface area contributed by atoms with Crippen LogP contribution < -0.4 is 0 Å². The molecule has 190 valence electrons. The summed E-state index contributed by atoms with van der Waals surface area (Å²) in [5.74, 6) is -1.16. The summed E-state index contributed by atoms with van der Waals surface area (Å²) in [5, 5.41) is 23.5. The molecule has 0 saturated carbocycles. The second-order valence-electron chi connectivity index (χ2n) is 8.49. The van der Waals surface area contributed by atoms with Crippen LogP contribution in [-0.2, 0) is 26.0 Å². The lowest BCUT2D eigenvalue weighted by molar-refractivity contribution is -0.839. The Morgan fingerprint density at radius 2 is 1.81 bits per heavy atom. The van der Waals surface area contributed by atoms with Crippen molar-refractivity contribution in [2.24, 2.45) is 5.92 Å². The zero-order valence-electron chi connectivity index (χ0n) is 20.3. The van der Waals surface area contributed by atoms with Gasteiger partial charge in [0.05, 0.1) is 0 Å². The fourth-order valence-corrected chi connectivity index (χ4v) is 3.88. The second kappa shape index (κ2) is 12.4. The zero-order valence-corrected chi connectivity index (χ0v) is 20.3. The number of aromatic amines is 1. The molecule has 0 spiro atoms. The summed E-state index contributed by atoms with van der Waals surface area (Å²) in [5.41, 5.74) is 3.39. The van der Waals surface area contributed by atoms with Gasteiger partial charge in [-0.2, -0.15) is 5.21 Å². The Labute approximate surface area is 207 Å². The van der Waals surface area contributed by atoms with E-state index in [1.54, 1.807) is 13.8 Å². The number of hydrogen-bond donors (Lipinski definition) is 1. The summed E-state index contributed by atoms with van der Waals surface area (Å²) in [4.78, 5) is 45.8. The number of nitrogens with one attached hydrogen (secondary N) is 1. The first-order chi connectivity index (χ1) is 17.3. The van der Waals surface area contributed by atoms with Gasteiger partial charge in [-0.25, -0.2) is 4.79 Å². The number of benzene rings is 2. The molecule has 0 unspecified atom stereocenters. The number of unbranched alkanes of at least 4 members (excludes halogenated alkanes) is 1. The van der Waals surface area contributed by atoms with E-state index < -0.39 is 17.1 Å². The highest BCUT2D eigenvalue weighted by atomic mass is 17.3. The third kappa shape index (κ3) is 6.62. The van der Waals surface area contributed by atoms with E-state index in [1.165, 1.54) is 4.90 Å². The largest absolute Gasteiger partial charge is 0.365 e. The number of carbonyl (C=O) groups excluding carboxylic acids is 2. The van der Waals surface area contributed by atoms with Crippen LogP contribution in [0.5, 0.6) is 0 Å². The summed E-state index contributed by atoms with van der Waals surface area (Å²) in [6.45, 7) is 5.54. The SMILES string of the molecule is CCCCC(=O)N(Cc1ccc(-c2ccccc2-c2nn[nH]n2)cc1)[C@H](C(=O)OO[N+](=O)[O-])C(C)C. The molecule has 2 aromatic carbocycles. The molecule has 1 N–H and O–H groups in total. The van der Waals surface area contributed by atoms with Gasteiger partial charge in [0.25, 0.3) is 0 Å². The average Bonchev–Trinajstić information content (AvgIpc) is 3.41. The van der Waals surface area contributed by atoms with E-state index in [2.05, 4.69) is 30.5 Å². The van der Waals surface area contributed by atoms with Crippen molar-refractivity contribution in [2.45, 2.75) is 52.6 Å². The zero-order chi connectivity index (χ0) is 26.1. The Balaban J connectivity index is 1.87. The number of nitrogens with zero attached hydrogens (tertiary/aromatic N) is 5. The van der Waals surface area contributed by atoms with Gasteiger partial charge in [-0.05, 0) is 34.2 Å². The van der Waals surface area contributed by atoms with Crippen LogP contribution in [0.4, 0.5) is 0 Å². The molecule has 0 radical (unpaired) electrons. The van der Waals surface area contributed by atoms with Gasteiger partial charge in [-0.3, -0.25) is 9.68 Å². The highest BCUT2D eigenvalue weighted by Gasteiger charge is 2.34. The number of carbonyl (C=O) groups is 2. The van der Waals surface area contributed by atoms with Crippen LogP contribution in [0, 0.1) is 16.0 Å². The van der Waals surface area contributed by atoms with Gasteiger partial charge in [0.15, 0.2) is 0 Å². The van der Waals surface area contributed by atoms with E-state index in [9.17, 15) is 19.7 Å². The number of tetrazole rings is 1. The lowest BCUT2D eigenvalue weighted by Crippen LogP contribution is -2.48. The van der Waals surface area contributed by atoms with E-state index in [0.29, 0.717) is 12.2 Å². The van der Waals surface area contributed by atoms with E-state index in [4.69, 9.17) is 0 Å². The molecular formula is C24H28N6O6. The molecule has 0 aliphatic carbocycles. The highest BCUT2D eigenvalue weighted by Crippen LogP contribution is 2.30. The van der Waals surface area contributed by atoms with Gasteiger partial charge in [0, 0.05) is 18.5 Å². The van der Waals surface area contributed by atoms with E-state index in [-0.39, 0.29) is 24.8 Å². The average molecular weight is 497 g/mol. The van der Waals surface area contributed by atoms with Gasteiger partial charge in [-0.15, -0.1) is 20.3 Å². The summed E-state index contributed by atoms with van der Waals surface area (Å²) in [6, 6.07) is 14.1. The molecule has 36 heavy (non-hydrogen) atoms. The molecule has 3 aromatic rings. The van der Waals surface area contributed by atoms with Crippen LogP contribution in [-0.4, -0.2) is 48.5 Å². The molecule has 1 atom stereocenters. The number of H-pyrrole nitrogens is 1. The lowest BCUT2D eigenvalue weighted by Gasteiger charge is -2.32. The number of aromatic nitrogens is 4. The van der Waals surface area contributed by atoms with Gasteiger partial charge < -0.3 is 4.90 Å². The Hall–Kier alpha value is -4.35. The quantitative estimate of drug-likeness (QED) is 0.224. The predicted molar refractivity (Wildman–Crippen MR) is 128 cm³/mol. The molecule has 12 heteroatoms. The Morgan fingerprint density at radius 3 is 2.39 bits per heavy atom. The maximum absolute atomic E-state index is 13.1. The van der Waals surface area contributed by atoms with Gasteiger partial charge in [0.2, 0.25) is 11.7 Å². The molecule has 0 saturated heterocycles. The molecule has 1 amide bonds. The first kappa shape index (κ1) is 26.3. The van der Waals surface area contributed by atoms with Crippen molar-refractivity contribution in [3.8, 4) is 22.5 Å². The summed E-state index contributed by atoms with van der Waals surface area (Å²) in [6.07, 6.45) is 1.68. The van der Waals surface area contributed by atoms with E-state index >= 15 is 0 Å². The third-order valence-corrected chi connectivity index (χ3v) is 5.58. The maximum Gasteiger partial charge on any atom is 0.365 e. The summed E-state index contributed by atoms with van der Waals surface area (Å²) in [7, 11) is 0. The van der Waals surface area contributed by atoms with Crippen molar-refractivity contribution < 1.29 is 24.6 Å². The van der Waals surface area contributed by atoms with Crippen LogP contribution in [0.25, 0.3) is 22.5 Å². The predicted octanol–water partition coefficient (Wildman–Crippen LogP) is 3.74. The van der Waals surface area contributed by atoms with Crippen LogP contribution in [0.15, 0.2) is 48.5 Å². The highest BCUT2D eigenvalue weighted by molar-refractivity contribution is 5.84. The first-order valence-electron chi connectivity index (χ1n) is 11.6. The van der Waals surface area contributed by atoms with Crippen LogP contribution in [0.1, 0.15) is 45.6 Å². The first-order valence-corrected chi connectivity index (χ1v) is 11.6. The van der Waals surface area contributed by atoms with Crippen molar-refractivity contribution >= 4 is 11.9 Å². The summed E-state index contributed by atoms with van der Waals surface area (Å²) < 4.78 is 0. The molecule has 12 nitrogen and oxygen atoms in total. The molecule has 0 aliphatic heterocycles. The van der Waals surface area contributed by atoms with E-state index in [1.807, 2.05) is 55.5 Å². The normalized spacial score (nSPS) is 11.7. The fraction of sp³-hybridized carbons (Fsp3) is 0.375. The molecule has 0 fully saturated rings. The minimum atomic E-state index is -1.22. The smallest absolute Gasteiger partial charge is 0.324 e. The number of amides is 1. The van der Waals surface area contributed by atoms with Gasteiger partial charge >= 0.3 is 11.1 Å².